The Hall–Kier alpha value is -3.03. The fourth-order valence-electron chi connectivity index (χ4n) is 4.36. The Morgan fingerprint density at radius 2 is 1.83 bits per heavy atom. The lowest BCUT2D eigenvalue weighted by atomic mass is 9.84. The van der Waals surface area contributed by atoms with Crippen molar-refractivity contribution in [3.05, 3.63) is 47.7 Å². The largest absolute Gasteiger partial charge is 0.473 e. The first-order valence-corrected chi connectivity index (χ1v) is 12.5. The van der Waals surface area contributed by atoms with Crippen LogP contribution in [0.15, 0.2) is 36.4 Å². The molecule has 0 N–H and O–H groups in total. The zero-order valence-electron chi connectivity index (χ0n) is 21.7. The maximum absolute atomic E-state index is 13.1. The molecule has 1 unspecified atom stereocenters. The fourth-order valence-corrected chi connectivity index (χ4v) is 4.36. The highest BCUT2D eigenvalue weighted by Crippen LogP contribution is 2.36. The van der Waals surface area contributed by atoms with Crippen LogP contribution < -0.4 is 4.74 Å². The van der Waals surface area contributed by atoms with Crippen LogP contribution in [0.3, 0.4) is 0 Å². The first kappa shape index (κ1) is 26.6. The van der Waals surface area contributed by atoms with Gasteiger partial charge in [0.1, 0.15) is 12.2 Å². The predicted octanol–water partition coefficient (Wildman–Crippen LogP) is 5.51. The maximum atomic E-state index is 13.1. The molecule has 1 amide bonds. The van der Waals surface area contributed by atoms with Crippen molar-refractivity contribution in [3.8, 4) is 5.88 Å². The van der Waals surface area contributed by atoms with Crippen LogP contribution in [-0.4, -0.2) is 46.0 Å². The average molecular weight is 486 g/mol. The molecule has 0 spiro atoms. The molecule has 1 fully saturated rings. The topological polar surface area (TPSA) is 82.9 Å². The van der Waals surface area contributed by atoms with Gasteiger partial charge in [0, 0.05) is 13.1 Å². The third-order valence-electron chi connectivity index (χ3n) is 5.97. The Kier molecular flexibility index (Phi) is 9.18. The van der Waals surface area contributed by atoms with Crippen LogP contribution in [0.2, 0.25) is 0 Å². The summed E-state index contributed by atoms with van der Waals surface area (Å²) in [5.41, 5.74) is 1.04. The normalized spacial score (nSPS) is 15.3. The lowest BCUT2D eigenvalue weighted by molar-refractivity contribution is -0.150. The van der Waals surface area contributed by atoms with E-state index in [9.17, 15) is 9.59 Å². The Labute approximate surface area is 208 Å². The number of amides is 1. The minimum absolute atomic E-state index is 0.123. The lowest BCUT2D eigenvalue weighted by Crippen LogP contribution is -2.34. The van der Waals surface area contributed by atoms with Gasteiger partial charge in [-0.25, -0.2) is 14.3 Å². The van der Waals surface area contributed by atoms with E-state index in [0.29, 0.717) is 24.8 Å². The van der Waals surface area contributed by atoms with Gasteiger partial charge in [0.2, 0.25) is 5.88 Å². The molecule has 0 saturated heterocycles. The van der Waals surface area contributed by atoms with Gasteiger partial charge in [-0.2, -0.15) is 5.10 Å². The summed E-state index contributed by atoms with van der Waals surface area (Å²) in [6, 6.07) is 11.1. The molecular weight excluding hydrogens is 446 g/mol. The van der Waals surface area contributed by atoms with Crippen molar-refractivity contribution in [2.45, 2.75) is 84.6 Å². The first-order valence-electron chi connectivity index (χ1n) is 12.5. The van der Waals surface area contributed by atoms with E-state index in [1.807, 2.05) is 58.0 Å². The average Bonchev–Trinajstić information content (AvgIpc) is 3.20. The molecule has 8 heteroatoms. The zero-order chi connectivity index (χ0) is 25.4. The van der Waals surface area contributed by atoms with Gasteiger partial charge in [-0.15, -0.1) is 0 Å². The summed E-state index contributed by atoms with van der Waals surface area (Å²) in [6.45, 7) is 8.17. The van der Waals surface area contributed by atoms with Crippen molar-refractivity contribution in [2.75, 3.05) is 13.7 Å². The van der Waals surface area contributed by atoms with Crippen LogP contribution in [0.25, 0.3) is 0 Å². The molecule has 1 atom stereocenters. The van der Waals surface area contributed by atoms with Gasteiger partial charge in [-0.3, -0.25) is 0 Å². The number of ether oxygens (including phenoxy) is 3. The summed E-state index contributed by atoms with van der Waals surface area (Å²) < 4.78 is 18.8. The molecule has 1 aromatic heterocycles. The van der Waals surface area contributed by atoms with Gasteiger partial charge in [0.05, 0.1) is 18.8 Å². The van der Waals surface area contributed by atoms with Crippen molar-refractivity contribution in [1.82, 2.24) is 14.7 Å². The molecule has 1 saturated carbocycles. The van der Waals surface area contributed by atoms with Crippen LogP contribution in [0.5, 0.6) is 5.88 Å². The molecule has 35 heavy (non-hydrogen) atoms. The minimum atomic E-state index is -0.593. The van der Waals surface area contributed by atoms with Crippen LogP contribution in [0.4, 0.5) is 4.79 Å². The Morgan fingerprint density at radius 1 is 1.14 bits per heavy atom. The van der Waals surface area contributed by atoms with Gasteiger partial charge in [0.15, 0.2) is 6.04 Å². The van der Waals surface area contributed by atoms with Gasteiger partial charge in [0.25, 0.3) is 0 Å². The second-order valence-corrected chi connectivity index (χ2v) is 10.1. The molecule has 1 aliphatic rings. The van der Waals surface area contributed by atoms with E-state index >= 15 is 0 Å². The Balaban J connectivity index is 1.90. The molecule has 3 rings (SSSR count). The zero-order valence-corrected chi connectivity index (χ0v) is 21.7. The van der Waals surface area contributed by atoms with Gasteiger partial charge >= 0.3 is 12.1 Å². The summed E-state index contributed by atoms with van der Waals surface area (Å²) in [4.78, 5) is 27.1. The SMILES string of the molecule is CCOC(=O)C(C1CCCCC1)n1nc(CN(C)C(=O)OC(C)(C)C)cc1OCc1ccccc1. The van der Waals surface area contributed by atoms with Crippen LogP contribution in [0.1, 0.15) is 77.1 Å². The standard InChI is InChI=1S/C27H39N3O5/c1-6-33-25(31)24(21-15-11-8-12-16-21)30-23(34-19-20-13-9-7-10-14-20)17-22(28-30)18-29(5)26(32)35-27(2,3)4/h7,9-10,13-14,17,21,24H,6,8,11-12,15-16,18-19H2,1-5H3. The van der Waals surface area contributed by atoms with Crippen molar-refractivity contribution in [1.29, 1.82) is 0 Å². The lowest BCUT2D eigenvalue weighted by Gasteiger charge is -2.29. The highest BCUT2D eigenvalue weighted by Gasteiger charge is 2.35. The summed E-state index contributed by atoms with van der Waals surface area (Å²) in [5, 5.41) is 4.76. The Bertz CT molecular complexity index is 961. The van der Waals surface area contributed by atoms with E-state index in [4.69, 9.17) is 19.3 Å². The number of hydrogen-bond acceptors (Lipinski definition) is 6. The predicted molar refractivity (Wildman–Crippen MR) is 133 cm³/mol. The van der Waals surface area contributed by atoms with Crippen molar-refractivity contribution >= 4 is 12.1 Å². The number of carbonyl (C=O) groups is 2. The molecule has 0 bridgehead atoms. The second-order valence-electron chi connectivity index (χ2n) is 10.1. The summed E-state index contributed by atoms with van der Waals surface area (Å²) in [6.07, 6.45) is 4.78. The van der Waals surface area contributed by atoms with Gasteiger partial charge in [-0.1, -0.05) is 49.6 Å². The summed E-state index contributed by atoms with van der Waals surface area (Å²) in [7, 11) is 1.67. The van der Waals surface area contributed by atoms with E-state index in [0.717, 1.165) is 31.2 Å². The third-order valence-corrected chi connectivity index (χ3v) is 5.97. The highest BCUT2D eigenvalue weighted by molar-refractivity contribution is 5.75. The van der Waals surface area contributed by atoms with Crippen molar-refractivity contribution < 1.29 is 23.8 Å². The molecule has 1 aliphatic carbocycles. The Morgan fingerprint density at radius 3 is 2.46 bits per heavy atom. The number of rotatable bonds is 9. The number of nitrogens with zero attached hydrogens (tertiary/aromatic N) is 3. The molecule has 0 radical (unpaired) electrons. The van der Waals surface area contributed by atoms with E-state index in [1.165, 1.54) is 11.3 Å². The molecule has 1 aromatic carbocycles. The highest BCUT2D eigenvalue weighted by atomic mass is 16.6. The summed E-state index contributed by atoms with van der Waals surface area (Å²) in [5.74, 6) is 0.322. The maximum Gasteiger partial charge on any atom is 0.410 e. The van der Waals surface area contributed by atoms with Crippen LogP contribution in [-0.2, 0) is 27.4 Å². The van der Waals surface area contributed by atoms with Crippen molar-refractivity contribution in [3.63, 3.8) is 0 Å². The molecule has 1 heterocycles. The molecule has 2 aromatic rings. The van der Waals surface area contributed by atoms with Crippen LogP contribution in [0, 0.1) is 5.92 Å². The molecule has 192 valence electrons. The van der Waals surface area contributed by atoms with E-state index in [1.54, 1.807) is 17.8 Å². The third kappa shape index (κ3) is 7.73. The number of aromatic nitrogens is 2. The van der Waals surface area contributed by atoms with Gasteiger partial charge in [-0.05, 0) is 52.0 Å². The van der Waals surface area contributed by atoms with Crippen molar-refractivity contribution in [2.24, 2.45) is 5.92 Å². The summed E-state index contributed by atoms with van der Waals surface area (Å²) >= 11 is 0. The monoisotopic (exact) mass is 485 g/mol. The number of benzene rings is 1. The smallest absolute Gasteiger partial charge is 0.410 e. The van der Waals surface area contributed by atoms with E-state index in [-0.39, 0.29) is 18.4 Å². The quantitative estimate of drug-likeness (QED) is 0.435. The van der Waals surface area contributed by atoms with E-state index < -0.39 is 17.7 Å². The molecule has 8 nitrogen and oxygen atoms in total. The van der Waals surface area contributed by atoms with Gasteiger partial charge < -0.3 is 19.1 Å². The number of carbonyl (C=O) groups excluding carboxylic acids is 2. The van der Waals surface area contributed by atoms with Crippen LogP contribution >= 0.6 is 0 Å². The first-order chi connectivity index (χ1) is 16.7. The fraction of sp³-hybridized carbons (Fsp3) is 0.593. The van der Waals surface area contributed by atoms with E-state index in [2.05, 4.69) is 0 Å². The molecule has 0 aliphatic heterocycles. The number of hydrogen-bond donors (Lipinski definition) is 0. The minimum Gasteiger partial charge on any atom is -0.473 e. The number of esters is 1. The molecular formula is C27H39N3O5. The second kappa shape index (κ2) is 12.1.